The molecule has 0 aliphatic carbocycles. The number of ether oxygens (including phenoxy) is 2. The van der Waals surface area contributed by atoms with E-state index in [1.165, 1.54) is 0 Å². The largest absolute Gasteiger partial charge is 0.381 e. The predicted octanol–water partition coefficient (Wildman–Crippen LogP) is 2.10. The summed E-state index contributed by atoms with van der Waals surface area (Å²) in [6.07, 6.45) is 4.06. The topological polar surface area (TPSA) is 54.3 Å². The molecule has 0 aromatic carbocycles. The molecule has 1 rings (SSSR count). The fraction of sp³-hybridized carbons (Fsp3) is 0.929. The van der Waals surface area contributed by atoms with Gasteiger partial charge in [0.25, 0.3) is 0 Å². The molecule has 0 spiro atoms. The average Bonchev–Trinajstić information content (AvgIpc) is 2.87. The van der Waals surface area contributed by atoms with Crippen LogP contribution in [0.2, 0.25) is 0 Å². The Balaban J connectivity index is 1.98. The van der Waals surface area contributed by atoms with Crippen molar-refractivity contribution in [2.45, 2.75) is 45.1 Å². The Kier molecular flexibility index (Phi) is 7.26. The van der Waals surface area contributed by atoms with Crippen LogP contribution in [-0.2, 0) is 9.47 Å². The van der Waals surface area contributed by atoms with E-state index in [1.807, 2.05) is 13.8 Å². The first-order chi connectivity index (χ1) is 8.70. The van der Waals surface area contributed by atoms with Crippen LogP contribution in [0.3, 0.4) is 0 Å². The lowest BCUT2D eigenvalue weighted by atomic mass is 9.97. The molecule has 0 bridgehead atoms. The summed E-state index contributed by atoms with van der Waals surface area (Å²) >= 11 is 0. The minimum absolute atomic E-state index is 0.381. The molecule has 4 heteroatoms. The van der Waals surface area contributed by atoms with Gasteiger partial charge < -0.3 is 9.47 Å². The van der Waals surface area contributed by atoms with Crippen molar-refractivity contribution in [2.24, 2.45) is 5.92 Å². The number of unbranched alkanes of at least 4 members (excludes halogenated alkanes) is 1. The molecule has 4 nitrogen and oxygen atoms in total. The lowest BCUT2D eigenvalue weighted by molar-refractivity contribution is 0.0865. The predicted molar refractivity (Wildman–Crippen MR) is 71.3 cm³/mol. The summed E-state index contributed by atoms with van der Waals surface area (Å²) in [6.45, 7) is 8.19. The maximum absolute atomic E-state index is 9.11. The first-order valence-corrected chi connectivity index (χ1v) is 7.02. The van der Waals surface area contributed by atoms with Crippen LogP contribution in [0.1, 0.15) is 39.5 Å². The number of nitriles is 1. The summed E-state index contributed by atoms with van der Waals surface area (Å²) in [5.41, 5.74) is -0.381. The van der Waals surface area contributed by atoms with Gasteiger partial charge in [-0.2, -0.15) is 5.26 Å². The van der Waals surface area contributed by atoms with Gasteiger partial charge in [0.05, 0.1) is 19.3 Å². The molecule has 0 aromatic heterocycles. The van der Waals surface area contributed by atoms with E-state index in [0.29, 0.717) is 5.92 Å². The van der Waals surface area contributed by atoms with Gasteiger partial charge in [0.1, 0.15) is 5.54 Å². The molecule has 0 radical (unpaired) electrons. The number of hydrogen-bond donors (Lipinski definition) is 1. The maximum atomic E-state index is 9.11. The molecule has 0 saturated carbocycles. The van der Waals surface area contributed by atoms with Crippen molar-refractivity contribution in [3.8, 4) is 6.07 Å². The Bertz CT molecular complexity index is 259. The second kappa shape index (κ2) is 8.47. The molecule has 1 aliphatic rings. The van der Waals surface area contributed by atoms with Gasteiger partial charge in [0.15, 0.2) is 0 Å². The van der Waals surface area contributed by atoms with Crippen molar-refractivity contribution in [2.75, 3.05) is 33.0 Å². The summed E-state index contributed by atoms with van der Waals surface area (Å²) in [5.74, 6) is 0.594. The molecule has 1 aliphatic heterocycles. The Hall–Kier alpha value is -0.630. The minimum Gasteiger partial charge on any atom is -0.381 e. The summed E-state index contributed by atoms with van der Waals surface area (Å²) < 4.78 is 10.9. The molecular formula is C14H26N2O2. The van der Waals surface area contributed by atoms with E-state index in [4.69, 9.17) is 14.7 Å². The first-order valence-electron chi connectivity index (χ1n) is 7.02. The van der Waals surface area contributed by atoms with Crippen molar-refractivity contribution < 1.29 is 9.47 Å². The molecule has 1 heterocycles. The normalized spacial score (nSPS) is 22.6. The monoisotopic (exact) mass is 254 g/mol. The van der Waals surface area contributed by atoms with Crippen LogP contribution in [0.25, 0.3) is 0 Å². The van der Waals surface area contributed by atoms with Gasteiger partial charge in [-0.25, -0.2) is 0 Å². The maximum Gasteiger partial charge on any atom is 0.103 e. The molecule has 1 fully saturated rings. The average molecular weight is 254 g/mol. The zero-order valence-corrected chi connectivity index (χ0v) is 11.7. The van der Waals surface area contributed by atoms with Crippen molar-refractivity contribution in [3.63, 3.8) is 0 Å². The highest BCUT2D eigenvalue weighted by molar-refractivity contribution is 5.03. The van der Waals surface area contributed by atoms with E-state index >= 15 is 0 Å². The summed E-state index contributed by atoms with van der Waals surface area (Å²) in [7, 11) is 0. The molecule has 0 amide bonds. The van der Waals surface area contributed by atoms with Crippen molar-refractivity contribution in [1.29, 1.82) is 5.26 Å². The quantitative estimate of drug-likeness (QED) is 0.640. The van der Waals surface area contributed by atoms with E-state index in [1.54, 1.807) is 0 Å². The Morgan fingerprint density at radius 3 is 2.94 bits per heavy atom. The Morgan fingerprint density at radius 2 is 2.33 bits per heavy atom. The number of hydrogen-bond acceptors (Lipinski definition) is 4. The fourth-order valence-electron chi connectivity index (χ4n) is 2.22. The molecule has 0 aromatic rings. The molecular weight excluding hydrogens is 228 g/mol. The van der Waals surface area contributed by atoms with Gasteiger partial charge >= 0.3 is 0 Å². The second-order valence-electron chi connectivity index (χ2n) is 5.24. The summed E-state index contributed by atoms with van der Waals surface area (Å²) in [4.78, 5) is 0. The lowest BCUT2D eigenvalue weighted by Gasteiger charge is -2.22. The van der Waals surface area contributed by atoms with E-state index in [-0.39, 0.29) is 5.54 Å². The van der Waals surface area contributed by atoms with Crippen LogP contribution in [-0.4, -0.2) is 38.5 Å². The Morgan fingerprint density at radius 1 is 1.50 bits per heavy atom. The first kappa shape index (κ1) is 15.4. The smallest absolute Gasteiger partial charge is 0.103 e. The molecule has 104 valence electrons. The van der Waals surface area contributed by atoms with Crippen molar-refractivity contribution in [1.82, 2.24) is 5.32 Å². The SMILES string of the molecule is CCNC(C)(C#N)CCCCOCC1CCOC1. The van der Waals surface area contributed by atoms with Gasteiger partial charge in [-0.3, -0.25) is 5.32 Å². The van der Waals surface area contributed by atoms with Crippen LogP contribution in [0.15, 0.2) is 0 Å². The molecule has 1 N–H and O–H groups in total. The highest BCUT2D eigenvalue weighted by Gasteiger charge is 2.21. The van der Waals surface area contributed by atoms with E-state index in [0.717, 1.165) is 58.7 Å². The number of nitrogens with one attached hydrogen (secondary N) is 1. The Labute approximate surface area is 111 Å². The summed E-state index contributed by atoms with van der Waals surface area (Å²) in [5, 5.41) is 12.3. The van der Waals surface area contributed by atoms with Crippen molar-refractivity contribution >= 4 is 0 Å². The standard InChI is InChI=1S/C14H26N2O2/c1-3-16-14(2,12-15)7-4-5-8-17-10-13-6-9-18-11-13/h13,16H,3-11H2,1-2H3. The third-order valence-corrected chi connectivity index (χ3v) is 3.41. The molecule has 2 unspecified atom stereocenters. The van der Waals surface area contributed by atoms with Gasteiger partial charge in [-0.05, 0) is 39.2 Å². The fourth-order valence-corrected chi connectivity index (χ4v) is 2.22. The second-order valence-corrected chi connectivity index (χ2v) is 5.24. The van der Waals surface area contributed by atoms with E-state index < -0.39 is 0 Å². The molecule has 2 atom stereocenters. The zero-order valence-electron chi connectivity index (χ0n) is 11.7. The van der Waals surface area contributed by atoms with Crippen LogP contribution < -0.4 is 5.32 Å². The highest BCUT2D eigenvalue weighted by atomic mass is 16.5. The lowest BCUT2D eigenvalue weighted by Crippen LogP contribution is -2.40. The van der Waals surface area contributed by atoms with Gasteiger partial charge in [0.2, 0.25) is 0 Å². The zero-order chi connectivity index (χ0) is 13.3. The van der Waals surface area contributed by atoms with Gasteiger partial charge in [-0.1, -0.05) is 6.92 Å². The molecule has 1 saturated heterocycles. The summed E-state index contributed by atoms with van der Waals surface area (Å²) in [6, 6.07) is 2.35. The minimum atomic E-state index is -0.381. The van der Waals surface area contributed by atoms with Crippen LogP contribution in [0, 0.1) is 17.2 Å². The third-order valence-electron chi connectivity index (χ3n) is 3.41. The van der Waals surface area contributed by atoms with E-state index in [9.17, 15) is 0 Å². The van der Waals surface area contributed by atoms with Crippen LogP contribution in [0.5, 0.6) is 0 Å². The van der Waals surface area contributed by atoms with Crippen molar-refractivity contribution in [3.05, 3.63) is 0 Å². The molecule has 18 heavy (non-hydrogen) atoms. The number of nitrogens with zero attached hydrogens (tertiary/aromatic N) is 1. The van der Waals surface area contributed by atoms with Crippen LogP contribution in [0.4, 0.5) is 0 Å². The van der Waals surface area contributed by atoms with Crippen LogP contribution >= 0.6 is 0 Å². The number of rotatable bonds is 9. The highest BCUT2D eigenvalue weighted by Crippen LogP contribution is 2.14. The third kappa shape index (κ3) is 5.81. The van der Waals surface area contributed by atoms with Gasteiger partial charge in [0, 0.05) is 19.1 Å². The van der Waals surface area contributed by atoms with E-state index in [2.05, 4.69) is 11.4 Å². The van der Waals surface area contributed by atoms with Gasteiger partial charge in [-0.15, -0.1) is 0 Å².